The van der Waals surface area contributed by atoms with Crippen LogP contribution in [0.1, 0.15) is 6.23 Å². The zero-order chi connectivity index (χ0) is 17.6. The Hall–Kier alpha value is 0.560. The van der Waals surface area contributed by atoms with Gasteiger partial charge in [0.05, 0.1) is 12.9 Å². The first-order chi connectivity index (χ1) is 11.2. The second kappa shape index (κ2) is 9.37. The molecular weight excluding hydrogens is 411 g/mol. The fourth-order valence-corrected chi connectivity index (χ4v) is 2.90. The van der Waals surface area contributed by atoms with Crippen molar-refractivity contribution >= 4 is 35.6 Å². The van der Waals surface area contributed by atoms with E-state index in [1.165, 1.54) is 10.9 Å². The Labute approximate surface area is 195 Å². The molecule has 5 N–H and O–H groups in total. The van der Waals surface area contributed by atoms with Gasteiger partial charge < -0.3 is 35.0 Å². The number of H-pyrrole nitrogens is 1. The van der Waals surface area contributed by atoms with Gasteiger partial charge in [0.1, 0.15) is 18.3 Å². The van der Waals surface area contributed by atoms with Crippen molar-refractivity contribution in [3.8, 4) is 0 Å². The van der Waals surface area contributed by atoms with Crippen LogP contribution in [0, 0.1) is 0 Å². The smallest absolute Gasteiger partial charge is 0.812 e. The van der Waals surface area contributed by atoms with Gasteiger partial charge in [-0.15, -0.1) is 11.8 Å². The molecule has 0 aromatic carbocycles. The number of imidazole rings is 1. The summed E-state index contributed by atoms with van der Waals surface area (Å²) < 4.78 is 11.0. The van der Waals surface area contributed by atoms with E-state index in [0.717, 1.165) is 0 Å². The summed E-state index contributed by atoms with van der Waals surface area (Å²) in [5, 5.41) is 20.1. The number of ether oxygens (including phenoxy) is 1. The van der Waals surface area contributed by atoms with Crippen LogP contribution in [0.4, 0.5) is 5.95 Å². The van der Waals surface area contributed by atoms with E-state index < -0.39 is 43.4 Å². The number of aromatic nitrogens is 4. The second-order valence-electron chi connectivity index (χ2n) is 5.06. The van der Waals surface area contributed by atoms with E-state index in [-0.39, 0.29) is 76.2 Å². The fourth-order valence-electron chi connectivity index (χ4n) is 2.39. The average Bonchev–Trinajstić information content (AvgIpc) is 3.00. The van der Waals surface area contributed by atoms with E-state index in [2.05, 4.69) is 31.3 Å². The second-order valence-corrected chi connectivity index (χ2v) is 7.56. The van der Waals surface area contributed by atoms with E-state index in [1.807, 2.05) is 0 Å². The topological polar surface area (TPSA) is 195 Å². The van der Waals surface area contributed by atoms with Crippen molar-refractivity contribution in [1.82, 2.24) is 19.5 Å². The van der Waals surface area contributed by atoms with Crippen LogP contribution in [-0.2, 0) is 21.1 Å². The monoisotopic (exact) mass is 423 g/mol. The van der Waals surface area contributed by atoms with Crippen LogP contribution in [0.2, 0.25) is 0 Å². The summed E-state index contributed by atoms with van der Waals surface area (Å²) in [7, 11) is 0. The molecule has 12 nitrogen and oxygen atoms in total. The standard InChI is InChI=1S/C10H14N5O7PS.2Na/c11-10-13-7-4(8(18)14-10)12-2-15(7)9-6(17)5(16)3(22-9)1-21-23(19,20)24;;/h2-3,5-6,9,16-17H,1H2,(H2,19,20,24)(H3,11,13,14,18);;/q;2*+1/p-2/t3-,5-,6-,9-;;/m1../s1. The van der Waals surface area contributed by atoms with E-state index in [4.69, 9.17) is 10.5 Å². The predicted octanol–water partition coefficient (Wildman–Crippen LogP) is -9.71. The minimum absolute atomic E-state index is 0. The molecule has 1 aliphatic heterocycles. The van der Waals surface area contributed by atoms with Gasteiger partial charge in [0.15, 0.2) is 17.4 Å². The van der Waals surface area contributed by atoms with Crippen molar-refractivity contribution in [2.24, 2.45) is 0 Å². The average molecular weight is 423 g/mol. The third-order valence-corrected chi connectivity index (χ3v) is 4.24. The van der Waals surface area contributed by atoms with Gasteiger partial charge in [-0.1, -0.05) is 6.72 Å². The zero-order valence-electron chi connectivity index (χ0n) is 13.8. The van der Waals surface area contributed by atoms with Crippen LogP contribution in [-0.4, -0.2) is 54.7 Å². The van der Waals surface area contributed by atoms with Gasteiger partial charge >= 0.3 is 59.1 Å². The normalized spacial score (nSPS) is 25.7. The zero-order valence-corrected chi connectivity index (χ0v) is 19.5. The molecule has 0 spiro atoms. The van der Waals surface area contributed by atoms with Gasteiger partial charge in [0.25, 0.3) is 5.56 Å². The molecule has 132 valence electrons. The summed E-state index contributed by atoms with van der Waals surface area (Å²) in [6, 6.07) is 0. The first-order valence-corrected chi connectivity index (χ1v) is 9.13. The van der Waals surface area contributed by atoms with Crippen LogP contribution >= 0.6 is 6.72 Å². The Kier molecular flexibility index (Phi) is 8.87. The number of hydrogen-bond acceptors (Lipinski definition) is 11. The van der Waals surface area contributed by atoms with Gasteiger partial charge in [0.2, 0.25) is 5.95 Å². The van der Waals surface area contributed by atoms with Gasteiger partial charge in [-0.05, 0) is 0 Å². The molecule has 0 saturated carbocycles. The molecule has 2 aromatic heterocycles. The summed E-state index contributed by atoms with van der Waals surface area (Å²) in [6.45, 7) is -5.00. The molecule has 1 saturated heterocycles. The van der Waals surface area contributed by atoms with Crippen LogP contribution in [0.5, 0.6) is 0 Å². The molecule has 1 fully saturated rings. The van der Waals surface area contributed by atoms with Gasteiger partial charge in [-0.3, -0.25) is 14.3 Å². The van der Waals surface area contributed by atoms with E-state index in [0.29, 0.717) is 0 Å². The molecule has 4 atom stereocenters. The molecule has 0 unspecified atom stereocenters. The molecule has 2 aromatic rings. The minimum Gasteiger partial charge on any atom is -0.812 e. The quantitative estimate of drug-likeness (QED) is 0.269. The van der Waals surface area contributed by atoms with E-state index >= 15 is 0 Å². The Morgan fingerprint density at radius 2 is 2.08 bits per heavy atom. The Balaban J connectivity index is 0.00000169. The predicted molar refractivity (Wildman–Crippen MR) is 78.7 cm³/mol. The number of aliphatic hydroxyl groups excluding tert-OH is 2. The van der Waals surface area contributed by atoms with Crippen LogP contribution in [0.25, 0.3) is 11.2 Å². The fraction of sp³-hybridized carbons (Fsp3) is 0.500. The van der Waals surface area contributed by atoms with Gasteiger partial charge in [-0.25, -0.2) is 4.98 Å². The summed E-state index contributed by atoms with van der Waals surface area (Å²) >= 11 is 4.09. The maximum absolute atomic E-state index is 11.7. The third kappa shape index (κ3) is 5.13. The SMILES string of the molecule is Nc1nc2c(ncn2[C@@H]2O[C@H](COP([O-])([O-])=S)[C@@H](O)[C@H]2O)c(=O)[nH]1.[Na+].[Na+]. The van der Waals surface area contributed by atoms with Crippen molar-refractivity contribution in [3.63, 3.8) is 0 Å². The van der Waals surface area contributed by atoms with Crippen LogP contribution in [0.3, 0.4) is 0 Å². The Morgan fingerprint density at radius 1 is 1.42 bits per heavy atom. The molecule has 3 rings (SSSR count). The summed E-state index contributed by atoms with van der Waals surface area (Å²) in [4.78, 5) is 43.6. The summed E-state index contributed by atoms with van der Waals surface area (Å²) in [5.41, 5.74) is 4.89. The van der Waals surface area contributed by atoms with Crippen LogP contribution < -0.4 is 80.2 Å². The third-order valence-electron chi connectivity index (χ3n) is 3.46. The molecule has 0 bridgehead atoms. The van der Waals surface area contributed by atoms with Crippen molar-refractivity contribution in [1.29, 1.82) is 0 Å². The minimum atomic E-state index is -4.43. The number of fused-ring (bicyclic) bond motifs is 1. The molecule has 0 amide bonds. The van der Waals surface area contributed by atoms with Crippen molar-refractivity contribution in [2.45, 2.75) is 24.5 Å². The molecule has 0 radical (unpaired) electrons. The number of rotatable bonds is 4. The number of nitrogens with zero attached hydrogens (tertiary/aromatic N) is 3. The van der Waals surface area contributed by atoms with Crippen molar-refractivity contribution < 1.29 is 88.4 Å². The number of nitrogens with two attached hydrogens (primary N) is 1. The Bertz CT molecular complexity index is 875. The summed E-state index contributed by atoms with van der Waals surface area (Å²) in [5.74, 6) is -0.166. The largest absolute Gasteiger partial charge is 1.00 e. The van der Waals surface area contributed by atoms with E-state index in [1.54, 1.807) is 0 Å². The molecule has 16 heteroatoms. The Morgan fingerprint density at radius 3 is 2.69 bits per heavy atom. The maximum atomic E-state index is 11.7. The number of aliphatic hydroxyl groups is 2. The molecule has 0 aliphatic carbocycles. The molecular formula is C10H12N5Na2O7PS. The number of hydrogen-bond donors (Lipinski definition) is 4. The molecule has 1 aliphatic rings. The first-order valence-electron chi connectivity index (χ1n) is 6.58. The number of nitrogens with one attached hydrogen (secondary N) is 1. The maximum Gasteiger partial charge on any atom is 1.00 e. The van der Waals surface area contributed by atoms with Crippen molar-refractivity contribution in [2.75, 3.05) is 12.3 Å². The van der Waals surface area contributed by atoms with Crippen molar-refractivity contribution in [3.05, 3.63) is 16.7 Å². The number of anilines is 1. The molecule has 3 heterocycles. The van der Waals surface area contributed by atoms with E-state index in [9.17, 15) is 24.8 Å². The number of nitrogen functional groups attached to an aromatic ring is 1. The summed E-state index contributed by atoms with van der Waals surface area (Å²) in [6.07, 6.45) is -4.06. The number of aromatic amines is 1. The molecule has 26 heavy (non-hydrogen) atoms. The van der Waals surface area contributed by atoms with Gasteiger partial charge in [0, 0.05) is 0 Å². The van der Waals surface area contributed by atoms with Gasteiger partial charge in [-0.2, -0.15) is 4.98 Å². The first kappa shape index (κ1) is 24.6. The van der Waals surface area contributed by atoms with Crippen LogP contribution in [0.15, 0.2) is 11.1 Å².